The Morgan fingerprint density at radius 2 is 1.62 bits per heavy atom. The number of aromatic nitrogens is 3. The first-order valence-corrected chi connectivity index (χ1v) is 11.0. The van der Waals surface area contributed by atoms with E-state index in [4.69, 9.17) is 12.2 Å². The van der Waals surface area contributed by atoms with Crippen molar-refractivity contribution in [1.29, 1.82) is 0 Å². The highest BCUT2D eigenvalue weighted by Gasteiger charge is 2.28. The van der Waals surface area contributed by atoms with Gasteiger partial charge in [0.1, 0.15) is 12.1 Å². The van der Waals surface area contributed by atoms with Crippen molar-refractivity contribution in [2.75, 3.05) is 26.2 Å². The molecule has 4 rings (SSSR count). The minimum Gasteiger partial charge on any atom is -0.282 e. The molecule has 0 spiro atoms. The molecular formula is C19H20FN5O2S2. The van der Waals surface area contributed by atoms with E-state index in [2.05, 4.69) is 10.00 Å². The van der Waals surface area contributed by atoms with Crippen LogP contribution in [0, 0.1) is 10.6 Å². The molecule has 2 heterocycles. The molecule has 1 aromatic heterocycles. The zero-order valence-corrected chi connectivity index (χ0v) is 17.2. The van der Waals surface area contributed by atoms with E-state index in [9.17, 15) is 12.8 Å². The lowest BCUT2D eigenvalue weighted by Crippen LogP contribution is -2.48. The molecule has 0 bridgehead atoms. The van der Waals surface area contributed by atoms with Gasteiger partial charge in [-0.1, -0.05) is 30.3 Å². The van der Waals surface area contributed by atoms with Crippen LogP contribution in [0.15, 0.2) is 65.8 Å². The van der Waals surface area contributed by atoms with Gasteiger partial charge in [0, 0.05) is 26.2 Å². The van der Waals surface area contributed by atoms with E-state index in [0.717, 1.165) is 0 Å². The Balaban J connectivity index is 1.43. The van der Waals surface area contributed by atoms with E-state index in [1.165, 1.54) is 21.3 Å². The third-order valence-corrected chi connectivity index (χ3v) is 7.21. The van der Waals surface area contributed by atoms with Crippen LogP contribution >= 0.6 is 12.2 Å². The van der Waals surface area contributed by atoms with Gasteiger partial charge in [-0.15, -0.1) is 0 Å². The van der Waals surface area contributed by atoms with Crippen LogP contribution in [0.2, 0.25) is 0 Å². The van der Waals surface area contributed by atoms with Crippen LogP contribution in [0.3, 0.4) is 0 Å². The summed E-state index contributed by atoms with van der Waals surface area (Å²) in [5.41, 5.74) is 0.350. The second kappa shape index (κ2) is 8.15. The van der Waals surface area contributed by atoms with Gasteiger partial charge in [-0.05, 0) is 36.5 Å². The normalized spacial score (nSPS) is 16.2. The van der Waals surface area contributed by atoms with Crippen molar-refractivity contribution in [3.8, 4) is 5.69 Å². The van der Waals surface area contributed by atoms with Crippen molar-refractivity contribution in [2.45, 2.75) is 11.6 Å². The van der Waals surface area contributed by atoms with Crippen molar-refractivity contribution in [2.24, 2.45) is 0 Å². The lowest BCUT2D eigenvalue weighted by molar-refractivity contribution is 0.144. The Bertz CT molecular complexity index is 1150. The van der Waals surface area contributed by atoms with E-state index < -0.39 is 10.0 Å². The molecular weight excluding hydrogens is 413 g/mol. The number of hydrogen-bond acceptors (Lipinski definition) is 5. The first-order chi connectivity index (χ1) is 14.0. The maximum Gasteiger partial charge on any atom is 0.243 e. The number of piperazine rings is 1. The molecule has 3 aromatic rings. The van der Waals surface area contributed by atoms with Gasteiger partial charge < -0.3 is 0 Å². The Morgan fingerprint density at radius 3 is 2.31 bits per heavy atom. The van der Waals surface area contributed by atoms with Gasteiger partial charge in [-0.2, -0.15) is 9.40 Å². The highest BCUT2D eigenvalue weighted by molar-refractivity contribution is 7.89. The zero-order valence-electron chi connectivity index (χ0n) is 15.6. The number of rotatable bonds is 5. The standard InChI is InChI=1S/C19H20FN5O2S2/c20-17-8-4-5-9-18(17)24-14-21-25(19(24)28)15-22-10-12-23(13-11-22)29(26,27)16-6-2-1-3-7-16/h1-9,14H,10-13,15H2. The number of halogens is 1. The van der Waals surface area contributed by atoms with Crippen molar-refractivity contribution >= 4 is 22.2 Å². The van der Waals surface area contributed by atoms with Crippen molar-refractivity contribution in [1.82, 2.24) is 23.6 Å². The van der Waals surface area contributed by atoms with Gasteiger partial charge in [0.25, 0.3) is 0 Å². The number of sulfonamides is 1. The summed E-state index contributed by atoms with van der Waals surface area (Å²) in [6, 6.07) is 14.8. The summed E-state index contributed by atoms with van der Waals surface area (Å²) in [6.07, 6.45) is 1.50. The van der Waals surface area contributed by atoms with Crippen LogP contribution in [0.25, 0.3) is 5.69 Å². The molecule has 0 N–H and O–H groups in total. The maximum absolute atomic E-state index is 14.0. The molecule has 29 heavy (non-hydrogen) atoms. The largest absolute Gasteiger partial charge is 0.282 e. The molecule has 1 fully saturated rings. The van der Waals surface area contributed by atoms with Crippen molar-refractivity contribution in [3.05, 3.63) is 71.5 Å². The third kappa shape index (κ3) is 4.01. The molecule has 0 aliphatic carbocycles. The molecule has 7 nitrogen and oxygen atoms in total. The minimum atomic E-state index is -3.49. The van der Waals surface area contributed by atoms with Gasteiger partial charge in [0.2, 0.25) is 14.8 Å². The highest BCUT2D eigenvalue weighted by atomic mass is 32.2. The Morgan fingerprint density at radius 1 is 0.966 bits per heavy atom. The van der Waals surface area contributed by atoms with E-state index in [1.807, 2.05) is 0 Å². The van der Waals surface area contributed by atoms with Crippen LogP contribution in [-0.2, 0) is 16.7 Å². The fraction of sp³-hybridized carbons (Fsp3) is 0.263. The second-order valence-electron chi connectivity index (χ2n) is 6.71. The summed E-state index contributed by atoms with van der Waals surface area (Å²) in [4.78, 5) is 2.38. The fourth-order valence-electron chi connectivity index (χ4n) is 3.29. The van der Waals surface area contributed by atoms with Gasteiger partial charge in [-0.25, -0.2) is 17.5 Å². The molecule has 0 radical (unpaired) electrons. The quantitative estimate of drug-likeness (QED) is 0.579. The van der Waals surface area contributed by atoms with E-state index >= 15 is 0 Å². The van der Waals surface area contributed by atoms with Crippen molar-refractivity contribution < 1.29 is 12.8 Å². The third-order valence-electron chi connectivity index (χ3n) is 4.89. The predicted octanol–water partition coefficient (Wildman–Crippen LogP) is 2.51. The van der Waals surface area contributed by atoms with E-state index in [-0.39, 0.29) is 5.82 Å². The molecule has 152 valence electrons. The average molecular weight is 434 g/mol. The number of nitrogens with zero attached hydrogens (tertiary/aromatic N) is 5. The molecule has 0 atom stereocenters. The second-order valence-corrected chi connectivity index (χ2v) is 9.01. The SMILES string of the molecule is O=S(=O)(c1ccccc1)N1CCN(Cn2ncn(-c3ccccc3F)c2=S)CC1. The lowest BCUT2D eigenvalue weighted by Gasteiger charge is -2.33. The summed E-state index contributed by atoms with van der Waals surface area (Å²) in [7, 11) is -3.49. The molecule has 1 aliphatic heterocycles. The van der Waals surface area contributed by atoms with Crippen LogP contribution in [-0.4, -0.2) is 58.1 Å². The van der Waals surface area contributed by atoms with Crippen LogP contribution < -0.4 is 0 Å². The monoisotopic (exact) mass is 433 g/mol. The van der Waals surface area contributed by atoms with Crippen LogP contribution in [0.1, 0.15) is 0 Å². The van der Waals surface area contributed by atoms with Gasteiger partial charge in [-0.3, -0.25) is 9.47 Å². The number of para-hydroxylation sites is 1. The topological polar surface area (TPSA) is 63.4 Å². The molecule has 0 saturated carbocycles. The summed E-state index contributed by atoms with van der Waals surface area (Å²) in [5, 5.41) is 4.28. The molecule has 1 saturated heterocycles. The van der Waals surface area contributed by atoms with Crippen LogP contribution in [0.4, 0.5) is 4.39 Å². The minimum absolute atomic E-state index is 0.305. The molecule has 10 heteroatoms. The molecule has 0 amide bonds. The summed E-state index contributed by atoms with van der Waals surface area (Å²) in [6.45, 7) is 2.30. The van der Waals surface area contributed by atoms with Crippen LogP contribution in [0.5, 0.6) is 0 Å². The summed E-state index contributed by atoms with van der Waals surface area (Å²) in [5.74, 6) is -0.372. The zero-order chi connectivity index (χ0) is 20.4. The smallest absolute Gasteiger partial charge is 0.243 e. The predicted molar refractivity (Wildman–Crippen MR) is 109 cm³/mol. The van der Waals surface area contributed by atoms with Gasteiger partial charge in [0.15, 0.2) is 0 Å². The Kier molecular flexibility index (Phi) is 5.59. The summed E-state index contributed by atoms with van der Waals surface area (Å²) < 4.78 is 44.5. The first-order valence-electron chi connectivity index (χ1n) is 9.14. The summed E-state index contributed by atoms with van der Waals surface area (Å²) >= 11 is 5.45. The van der Waals surface area contributed by atoms with Crippen molar-refractivity contribution in [3.63, 3.8) is 0 Å². The van der Waals surface area contributed by atoms with E-state index in [1.54, 1.807) is 53.2 Å². The lowest BCUT2D eigenvalue weighted by atomic mass is 10.3. The molecule has 0 unspecified atom stereocenters. The number of benzene rings is 2. The average Bonchev–Trinajstić information content (AvgIpc) is 3.09. The van der Waals surface area contributed by atoms with Gasteiger partial charge >= 0.3 is 0 Å². The first kappa shape index (κ1) is 19.9. The molecule has 2 aromatic carbocycles. The molecule has 1 aliphatic rings. The number of hydrogen-bond donors (Lipinski definition) is 0. The maximum atomic E-state index is 14.0. The van der Waals surface area contributed by atoms with Gasteiger partial charge in [0.05, 0.1) is 17.3 Å². The Hall–Kier alpha value is -2.40. The fourth-order valence-corrected chi connectivity index (χ4v) is 4.98. The Labute approximate surface area is 173 Å². The highest BCUT2D eigenvalue weighted by Crippen LogP contribution is 2.18. The van der Waals surface area contributed by atoms with E-state index in [0.29, 0.717) is 48.2 Å².